The number of hydrogen-bond donors (Lipinski definition) is 3. The van der Waals surface area contributed by atoms with Gasteiger partial charge in [-0.2, -0.15) is 0 Å². The van der Waals surface area contributed by atoms with Crippen LogP contribution >= 0.6 is 0 Å². The molecule has 1 aromatic carbocycles. The molecule has 2 aromatic heterocycles. The number of hydrogen-bond acceptors (Lipinski definition) is 4. The van der Waals surface area contributed by atoms with E-state index in [2.05, 4.69) is 15.3 Å². The Morgan fingerprint density at radius 1 is 1.23 bits per heavy atom. The lowest BCUT2D eigenvalue weighted by atomic mass is 10.2. The van der Waals surface area contributed by atoms with Gasteiger partial charge in [-0.1, -0.05) is 6.07 Å². The van der Waals surface area contributed by atoms with E-state index in [-0.39, 0.29) is 17.4 Å². The zero-order valence-corrected chi connectivity index (χ0v) is 11.8. The van der Waals surface area contributed by atoms with Crippen LogP contribution in [-0.2, 0) is 0 Å². The third-order valence-electron chi connectivity index (χ3n) is 3.22. The molecule has 0 spiro atoms. The van der Waals surface area contributed by atoms with Crippen molar-refractivity contribution in [2.24, 2.45) is 0 Å². The molecule has 0 unspecified atom stereocenters. The lowest BCUT2D eigenvalue weighted by Crippen LogP contribution is -2.11. The summed E-state index contributed by atoms with van der Waals surface area (Å²) in [6.07, 6.45) is 1.43. The van der Waals surface area contributed by atoms with E-state index in [9.17, 15) is 14.7 Å². The smallest absolute Gasteiger partial charge is 0.257 e. The van der Waals surface area contributed by atoms with Crippen LogP contribution in [0.25, 0.3) is 11.0 Å². The van der Waals surface area contributed by atoms with E-state index in [4.69, 9.17) is 0 Å². The first-order valence-electron chi connectivity index (χ1n) is 6.63. The Hall–Kier alpha value is -3.15. The molecular formula is C16H13N3O3. The second-order valence-electron chi connectivity index (χ2n) is 4.91. The summed E-state index contributed by atoms with van der Waals surface area (Å²) < 4.78 is 0. The molecule has 0 aliphatic rings. The average molecular weight is 295 g/mol. The van der Waals surface area contributed by atoms with Crippen molar-refractivity contribution in [2.45, 2.75) is 6.92 Å². The third-order valence-corrected chi connectivity index (χ3v) is 3.22. The zero-order chi connectivity index (χ0) is 15.7. The summed E-state index contributed by atoms with van der Waals surface area (Å²) in [6.45, 7) is 1.46. The Morgan fingerprint density at radius 3 is 2.77 bits per heavy atom. The highest BCUT2D eigenvalue weighted by atomic mass is 16.3. The number of benzene rings is 1. The number of Topliss-reactive ketones (excluding diaryl/α,β-unsaturated/α-hetero) is 1. The molecule has 6 heteroatoms. The van der Waals surface area contributed by atoms with Gasteiger partial charge >= 0.3 is 0 Å². The van der Waals surface area contributed by atoms with Crippen LogP contribution in [0, 0.1) is 0 Å². The van der Waals surface area contributed by atoms with Crippen LogP contribution in [0.2, 0.25) is 0 Å². The Labute approximate surface area is 125 Å². The fourth-order valence-electron chi connectivity index (χ4n) is 2.12. The van der Waals surface area contributed by atoms with Gasteiger partial charge in [0.05, 0.1) is 11.3 Å². The lowest BCUT2D eigenvalue weighted by molar-refractivity contribution is 0.101. The van der Waals surface area contributed by atoms with Crippen molar-refractivity contribution >= 4 is 28.4 Å². The predicted octanol–water partition coefficient (Wildman–Crippen LogP) is 2.72. The SMILES string of the molecule is CC(=O)c1cc2cc(C(=O)Nc3cccc(O)c3)cnc2[nH]1. The minimum Gasteiger partial charge on any atom is -0.508 e. The van der Waals surface area contributed by atoms with Crippen molar-refractivity contribution in [1.82, 2.24) is 9.97 Å². The molecule has 22 heavy (non-hydrogen) atoms. The number of nitrogens with zero attached hydrogens (tertiary/aromatic N) is 1. The molecule has 0 atom stereocenters. The summed E-state index contributed by atoms with van der Waals surface area (Å²) in [5.41, 5.74) is 1.86. The molecule has 3 aromatic rings. The number of aromatic nitrogens is 2. The fourth-order valence-corrected chi connectivity index (χ4v) is 2.12. The van der Waals surface area contributed by atoms with Crippen molar-refractivity contribution in [2.75, 3.05) is 5.32 Å². The minimum atomic E-state index is -0.342. The summed E-state index contributed by atoms with van der Waals surface area (Å²) >= 11 is 0. The summed E-state index contributed by atoms with van der Waals surface area (Å²) in [6, 6.07) is 9.60. The van der Waals surface area contributed by atoms with Gasteiger partial charge in [0, 0.05) is 30.3 Å². The van der Waals surface area contributed by atoms with Gasteiger partial charge in [0.15, 0.2) is 5.78 Å². The number of phenolic OH excluding ortho intramolecular Hbond substituents is 1. The fraction of sp³-hybridized carbons (Fsp3) is 0.0625. The quantitative estimate of drug-likeness (QED) is 0.647. The molecule has 0 saturated carbocycles. The third kappa shape index (κ3) is 2.67. The van der Waals surface area contributed by atoms with Crippen LogP contribution in [0.1, 0.15) is 27.8 Å². The molecule has 0 aliphatic heterocycles. The van der Waals surface area contributed by atoms with Gasteiger partial charge in [0.2, 0.25) is 0 Å². The van der Waals surface area contributed by atoms with Crippen LogP contribution in [0.15, 0.2) is 42.6 Å². The number of nitrogens with one attached hydrogen (secondary N) is 2. The zero-order valence-electron chi connectivity index (χ0n) is 11.8. The molecule has 2 heterocycles. The molecule has 1 amide bonds. The summed E-state index contributed by atoms with van der Waals surface area (Å²) in [5, 5.41) is 12.8. The van der Waals surface area contributed by atoms with Gasteiger partial charge in [-0.25, -0.2) is 4.98 Å². The number of ketones is 1. The molecular weight excluding hydrogens is 282 g/mol. The molecule has 110 valence electrons. The van der Waals surface area contributed by atoms with Crippen LogP contribution in [0.4, 0.5) is 5.69 Å². The van der Waals surface area contributed by atoms with E-state index in [1.54, 1.807) is 24.3 Å². The van der Waals surface area contributed by atoms with Crippen molar-refractivity contribution in [3.63, 3.8) is 0 Å². The van der Waals surface area contributed by atoms with E-state index >= 15 is 0 Å². The van der Waals surface area contributed by atoms with E-state index < -0.39 is 0 Å². The highest BCUT2D eigenvalue weighted by Crippen LogP contribution is 2.18. The van der Waals surface area contributed by atoms with E-state index in [1.807, 2.05) is 0 Å². The van der Waals surface area contributed by atoms with E-state index in [1.165, 1.54) is 25.3 Å². The number of carbonyl (C=O) groups excluding carboxylic acids is 2. The first-order chi connectivity index (χ1) is 10.5. The summed E-state index contributed by atoms with van der Waals surface area (Å²) in [4.78, 5) is 30.6. The van der Waals surface area contributed by atoms with E-state index in [0.717, 1.165) is 0 Å². The average Bonchev–Trinajstić information content (AvgIpc) is 2.90. The first kappa shape index (κ1) is 13.8. The highest BCUT2D eigenvalue weighted by Gasteiger charge is 2.11. The Bertz CT molecular complexity index is 883. The molecule has 3 rings (SSSR count). The second-order valence-corrected chi connectivity index (χ2v) is 4.91. The van der Waals surface area contributed by atoms with Gasteiger partial charge in [-0.05, 0) is 24.3 Å². The normalized spacial score (nSPS) is 10.6. The number of amides is 1. The van der Waals surface area contributed by atoms with Crippen molar-refractivity contribution in [3.05, 3.63) is 53.9 Å². The van der Waals surface area contributed by atoms with E-state index in [0.29, 0.717) is 28.0 Å². The van der Waals surface area contributed by atoms with Crippen LogP contribution in [-0.4, -0.2) is 26.8 Å². The minimum absolute atomic E-state index is 0.0723. The first-order valence-corrected chi connectivity index (χ1v) is 6.63. The van der Waals surface area contributed by atoms with Gasteiger partial charge < -0.3 is 15.4 Å². The van der Waals surface area contributed by atoms with Gasteiger partial charge in [-0.15, -0.1) is 0 Å². The van der Waals surface area contributed by atoms with Crippen LogP contribution in [0.3, 0.4) is 0 Å². The van der Waals surface area contributed by atoms with Gasteiger partial charge in [0.1, 0.15) is 11.4 Å². The number of anilines is 1. The standard InChI is InChI=1S/C16H13N3O3/c1-9(20)14-6-10-5-11(8-17-15(10)19-14)16(22)18-12-3-2-4-13(21)7-12/h2-8,21H,1H3,(H,17,19)(H,18,22). The monoisotopic (exact) mass is 295 g/mol. The Balaban J connectivity index is 1.89. The van der Waals surface area contributed by atoms with Crippen molar-refractivity contribution in [3.8, 4) is 5.75 Å². The maximum absolute atomic E-state index is 12.2. The van der Waals surface area contributed by atoms with Crippen LogP contribution in [0.5, 0.6) is 5.75 Å². The number of aromatic amines is 1. The molecule has 0 bridgehead atoms. The maximum Gasteiger partial charge on any atom is 0.257 e. The van der Waals surface area contributed by atoms with Crippen molar-refractivity contribution in [1.29, 1.82) is 0 Å². The number of phenols is 1. The number of carbonyl (C=O) groups is 2. The molecule has 0 fully saturated rings. The van der Waals surface area contributed by atoms with Crippen molar-refractivity contribution < 1.29 is 14.7 Å². The molecule has 0 saturated heterocycles. The Kier molecular flexibility index (Phi) is 3.34. The maximum atomic E-state index is 12.2. The summed E-state index contributed by atoms with van der Waals surface area (Å²) in [5.74, 6) is -0.363. The topological polar surface area (TPSA) is 95.1 Å². The summed E-state index contributed by atoms with van der Waals surface area (Å²) in [7, 11) is 0. The Morgan fingerprint density at radius 2 is 2.05 bits per heavy atom. The number of fused-ring (bicyclic) bond motifs is 1. The number of rotatable bonds is 3. The number of H-pyrrole nitrogens is 1. The molecule has 6 nitrogen and oxygen atoms in total. The molecule has 3 N–H and O–H groups in total. The largest absolute Gasteiger partial charge is 0.508 e. The lowest BCUT2D eigenvalue weighted by Gasteiger charge is -2.05. The second kappa shape index (κ2) is 5.33. The number of aromatic hydroxyl groups is 1. The predicted molar refractivity (Wildman–Crippen MR) is 82.2 cm³/mol. The number of pyridine rings is 1. The molecule has 0 aliphatic carbocycles. The molecule has 0 radical (unpaired) electrons. The van der Waals surface area contributed by atoms with Crippen LogP contribution < -0.4 is 5.32 Å². The highest BCUT2D eigenvalue weighted by molar-refractivity contribution is 6.06. The van der Waals surface area contributed by atoms with Gasteiger partial charge in [0.25, 0.3) is 5.91 Å². The van der Waals surface area contributed by atoms with Gasteiger partial charge in [-0.3, -0.25) is 9.59 Å².